The summed E-state index contributed by atoms with van der Waals surface area (Å²) in [6, 6.07) is 10.7. The van der Waals surface area contributed by atoms with Crippen molar-refractivity contribution in [3.8, 4) is 11.5 Å². The number of nitrogens with one attached hydrogen (secondary N) is 1. The number of likely N-dealkylation sites (tertiary alicyclic amines) is 1. The molecule has 1 saturated heterocycles. The number of carbonyl (C=O) groups excluding carboxylic acids is 2. The lowest BCUT2D eigenvalue weighted by atomic mass is 10.1. The van der Waals surface area contributed by atoms with E-state index >= 15 is 0 Å². The van der Waals surface area contributed by atoms with Crippen LogP contribution < -0.4 is 14.8 Å². The molecule has 1 aromatic heterocycles. The van der Waals surface area contributed by atoms with Crippen LogP contribution in [-0.2, 0) is 5.75 Å². The fourth-order valence-corrected chi connectivity index (χ4v) is 5.55. The van der Waals surface area contributed by atoms with E-state index in [0.29, 0.717) is 41.4 Å². The average molecular weight is 498 g/mol. The summed E-state index contributed by atoms with van der Waals surface area (Å²) >= 11 is 3.31. The van der Waals surface area contributed by atoms with Gasteiger partial charge in [0.25, 0.3) is 11.8 Å². The van der Waals surface area contributed by atoms with Gasteiger partial charge in [-0.1, -0.05) is 23.9 Å². The molecule has 3 aromatic rings. The van der Waals surface area contributed by atoms with E-state index in [1.807, 2.05) is 24.4 Å². The van der Waals surface area contributed by atoms with Crippen LogP contribution in [0.1, 0.15) is 44.8 Å². The third-order valence-electron chi connectivity index (χ3n) is 5.57. The van der Waals surface area contributed by atoms with Crippen LogP contribution in [0.3, 0.4) is 0 Å². The van der Waals surface area contributed by atoms with E-state index in [9.17, 15) is 9.59 Å². The van der Waals surface area contributed by atoms with Gasteiger partial charge in [0.15, 0.2) is 11.5 Å². The number of aryl methyl sites for hydroxylation is 1. The summed E-state index contributed by atoms with van der Waals surface area (Å²) < 4.78 is 11.8. The Morgan fingerprint density at radius 1 is 1.09 bits per heavy atom. The number of ether oxygens (including phenoxy) is 2. The zero-order chi connectivity index (χ0) is 24.1. The summed E-state index contributed by atoms with van der Waals surface area (Å²) in [4.78, 5) is 32.5. The van der Waals surface area contributed by atoms with Crippen molar-refractivity contribution >= 4 is 40.6 Å². The third-order valence-corrected chi connectivity index (χ3v) is 7.78. The van der Waals surface area contributed by atoms with Crippen LogP contribution in [0.5, 0.6) is 11.5 Å². The first kappa shape index (κ1) is 24.1. The standard InChI is InChI=1S/C25H27N3O4S2/c1-16-14-33-25(26-16)34-15-17-6-8-18(9-7-17)23(29)27-20-13-22(32-3)21(31-2)12-19(20)24(30)28-10-4-5-11-28/h6-9,12-14H,4-5,10-11,15H2,1-3H3,(H,27,29). The molecule has 4 rings (SSSR count). The minimum Gasteiger partial charge on any atom is -0.493 e. The van der Waals surface area contributed by atoms with Gasteiger partial charge in [0.05, 0.1) is 25.5 Å². The Bertz CT molecular complexity index is 1170. The van der Waals surface area contributed by atoms with Gasteiger partial charge in [-0.05, 0) is 43.5 Å². The van der Waals surface area contributed by atoms with Crippen molar-refractivity contribution in [1.82, 2.24) is 9.88 Å². The second kappa shape index (κ2) is 10.9. The van der Waals surface area contributed by atoms with E-state index in [4.69, 9.17) is 9.47 Å². The van der Waals surface area contributed by atoms with Gasteiger partial charge in [0, 0.05) is 41.5 Å². The fourth-order valence-electron chi connectivity index (χ4n) is 3.74. The number of aromatic nitrogens is 1. The fraction of sp³-hybridized carbons (Fsp3) is 0.320. The Balaban J connectivity index is 1.51. The normalized spacial score (nSPS) is 13.1. The zero-order valence-corrected chi connectivity index (χ0v) is 21.1. The Labute approximate surface area is 207 Å². The van der Waals surface area contributed by atoms with Crippen molar-refractivity contribution in [1.29, 1.82) is 0 Å². The van der Waals surface area contributed by atoms with E-state index in [-0.39, 0.29) is 11.8 Å². The molecule has 0 unspecified atom stereocenters. The van der Waals surface area contributed by atoms with Crippen LogP contribution >= 0.6 is 23.1 Å². The number of thioether (sulfide) groups is 1. The number of thiazole rings is 1. The highest BCUT2D eigenvalue weighted by atomic mass is 32.2. The molecule has 2 amide bonds. The molecule has 2 heterocycles. The lowest BCUT2D eigenvalue weighted by Gasteiger charge is -2.20. The highest BCUT2D eigenvalue weighted by Crippen LogP contribution is 2.35. The van der Waals surface area contributed by atoms with Gasteiger partial charge >= 0.3 is 0 Å². The third kappa shape index (κ3) is 5.53. The number of nitrogens with zero attached hydrogens (tertiary/aromatic N) is 2. The molecule has 178 valence electrons. The van der Waals surface area contributed by atoms with Crippen LogP contribution in [-0.4, -0.2) is 49.0 Å². The van der Waals surface area contributed by atoms with E-state index in [0.717, 1.165) is 34.2 Å². The summed E-state index contributed by atoms with van der Waals surface area (Å²) in [6.07, 6.45) is 1.96. The number of carbonyl (C=O) groups is 2. The lowest BCUT2D eigenvalue weighted by molar-refractivity contribution is 0.0793. The van der Waals surface area contributed by atoms with Gasteiger partial charge in [-0.2, -0.15) is 0 Å². The van der Waals surface area contributed by atoms with Crippen molar-refractivity contribution in [2.45, 2.75) is 29.9 Å². The minimum absolute atomic E-state index is 0.126. The summed E-state index contributed by atoms with van der Waals surface area (Å²) in [5.74, 6) is 1.25. The largest absolute Gasteiger partial charge is 0.493 e. The average Bonchev–Trinajstić information content (AvgIpc) is 3.54. The number of benzene rings is 2. The van der Waals surface area contributed by atoms with Gasteiger partial charge in [-0.3, -0.25) is 9.59 Å². The molecule has 9 heteroatoms. The maximum absolute atomic E-state index is 13.2. The van der Waals surface area contributed by atoms with Crippen molar-refractivity contribution in [2.24, 2.45) is 0 Å². The van der Waals surface area contributed by atoms with Crippen LogP contribution in [0, 0.1) is 6.92 Å². The van der Waals surface area contributed by atoms with Crippen LogP contribution in [0.15, 0.2) is 46.1 Å². The predicted molar refractivity (Wildman–Crippen MR) is 135 cm³/mol. The van der Waals surface area contributed by atoms with Crippen molar-refractivity contribution < 1.29 is 19.1 Å². The molecule has 1 fully saturated rings. The number of hydrogen-bond donors (Lipinski definition) is 1. The van der Waals surface area contributed by atoms with Gasteiger partial charge in [-0.25, -0.2) is 4.98 Å². The summed E-state index contributed by atoms with van der Waals surface area (Å²) in [5.41, 5.74) is 3.42. The molecule has 7 nitrogen and oxygen atoms in total. The van der Waals surface area contributed by atoms with Gasteiger partial charge in [0.2, 0.25) is 0 Å². The number of anilines is 1. The molecule has 0 radical (unpaired) electrons. The molecule has 0 atom stereocenters. The Morgan fingerprint density at radius 2 is 1.76 bits per heavy atom. The van der Waals surface area contributed by atoms with Crippen molar-refractivity contribution in [2.75, 3.05) is 32.6 Å². The second-order valence-corrected chi connectivity index (χ2v) is 10.0. The highest BCUT2D eigenvalue weighted by molar-refractivity contribution is 8.00. The van der Waals surface area contributed by atoms with Crippen LogP contribution in [0.2, 0.25) is 0 Å². The molecule has 0 aliphatic carbocycles. The monoisotopic (exact) mass is 497 g/mol. The number of rotatable bonds is 8. The first-order chi connectivity index (χ1) is 16.5. The molecular formula is C25H27N3O4S2. The minimum atomic E-state index is -0.294. The summed E-state index contributed by atoms with van der Waals surface area (Å²) in [6.45, 7) is 3.40. The molecule has 0 saturated carbocycles. The molecule has 34 heavy (non-hydrogen) atoms. The van der Waals surface area contributed by atoms with Crippen molar-refractivity contribution in [3.63, 3.8) is 0 Å². The summed E-state index contributed by atoms with van der Waals surface area (Å²) in [5, 5.41) is 4.94. The second-order valence-electron chi connectivity index (χ2n) is 7.95. The predicted octanol–water partition coefficient (Wildman–Crippen LogP) is 5.25. The topological polar surface area (TPSA) is 80.8 Å². The van der Waals surface area contributed by atoms with Gasteiger partial charge in [-0.15, -0.1) is 11.3 Å². The summed E-state index contributed by atoms with van der Waals surface area (Å²) in [7, 11) is 3.05. The van der Waals surface area contributed by atoms with Crippen molar-refractivity contribution in [3.05, 3.63) is 64.2 Å². The number of hydrogen-bond acceptors (Lipinski definition) is 7. The first-order valence-corrected chi connectivity index (χ1v) is 12.9. The Kier molecular flexibility index (Phi) is 7.74. The Morgan fingerprint density at radius 3 is 2.38 bits per heavy atom. The molecule has 0 spiro atoms. The van der Waals surface area contributed by atoms with Crippen LogP contribution in [0.25, 0.3) is 0 Å². The van der Waals surface area contributed by atoms with E-state index < -0.39 is 0 Å². The van der Waals surface area contributed by atoms with E-state index in [1.165, 1.54) is 14.2 Å². The quantitative estimate of drug-likeness (QED) is 0.428. The zero-order valence-electron chi connectivity index (χ0n) is 19.4. The van der Waals surface area contributed by atoms with Gasteiger partial charge < -0.3 is 19.7 Å². The molecule has 2 aromatic carbocycles. The molecule has 0 bridgehead atoms. The molecular weight excluding hydrogens is 470 g/mol. The number of methoxy groups -OCH3 is 2. The van der Waals surface area contributed by atoms with Gasteiger partial charge in [0.1, 0.15) is 4.34 Å². The lowest BCUT2D eigenvalue weighted by Crippen LogP contribution is -2.29. The van der Waals surface area contributed by atoms with Crippen LogP contribution in [0.4, 0.5) is 5.69 Å². The molecule has 1 N–H and O–H groups in total. The first-order valence-electron chi connectivity index (χ1n) is 11.0. The maximum Gasteiger partial charge on any atom is 0.256 e. The smallest absolute Gasteiger partial charge is 0.256 e. The Hall–Kier alpha value is -3.04. The molecule has 1 aliphatic rings. The van der Waals surface area contributed by atoms with E-state index in [1.54, 1.807) is 52.3 Å². The number of amides is 2. The maximum atomic E-state index is 13.2. The van der Waals surface area contributed by atoms with E-state index in [2.05, 4.69) is 10.3 Å². The molecule has 1 aliphatic heterocycles. The SMILES string of the molecule is COc1cc(NC(=O)c2ccc(CSc3nc(C)cs3)cc2)c(C(=O)N2CCCC2)cc1OC. The highest BCUT2D eigenvalue weighted by Gasteiger charge is 2.25.